The fourth-order valence-corrected chi connectivity index (χ4v) is 3.52. The summed E-state index contributed by atoms with van der Waals surface area (Å²) in [7, 11) is -3.14. The number of hydrogen-bond acceptors (Lipinski definition) is 3. The van der Waals surface area contributed by atoms with Gasteiger partial charge in [-0.25, -0.2) is 12.7 Å². The van der Waals surface area contributed by atoms with Gasteiger partial charge in [0.25, 0.3) is 0 Å². The van der Waals surface area contributed by atoms with Crippen LogP contribution >= 0.6 is 15.9 Å². The minimum Gasteiger partial charge on any atom is -0.370 e. The van der Waals surface area contributed by atoms with Crippen LogP contribution in [0.1, 0.15) is 19.3 Å². The first-order chi connectivity index (χ1) is 6.95. The van der Waals surface area contributed by atoms with Crippen LogP contribution in [0.2, 0.25) is 0 Å². The lowest BCUT2D eigenvalue weighted by Crippen LogP contribution is -2.39. The highest BCUT2D eigenvalue weighted by atomic mass is 79.9. The van der Waals surface area contributed by atoms with Gasteiger partial charge in [0.1, 0.15) is 4.66 Å². The molecule has 88 valence electrons. The number of alkyl halides is 1. The number of carbonyl (C=O) groups is 1. The topological polar surface area (TPSA) is 80.5 Å². The molecule has 1 amide bonds. The molecule has 1 heterocycles. The van der Waals surface area contributed by atoms with E-state index in [0.29, 0.717) is 19.5 Å². The Labute approximate surface area is 98.2 Å². The van der Waals surface area contributed by atoms with E-state index in [1.54, 1.807) is 0 Å². The van der Waals surface area contributed by atoms with Crippen LogP contribution in [0, 0.1) is 5.92 Å². The molecule has 0 saturated carbocycles. The normalized spacial score (nSPS) is 20.3. The van der Waals surface area contributed by atoms with Gasteiger partial charge >= 0.3 is 0 Å². The average Bonchev–Trinajstić information content (AvgIpc) is 2.18. The molecule has 0 atom stereocenters. The lowest BCUT2D eigenvalue weighted by atomic mass is 9.94. The smallest absolute Gasteiger partial charge is 0.224 e. The molecule has 7 heteroatoms. The summed E-state index contributed by atoms with van der Waals surface area (Å²) in [5, 5.41) is 0. The minimum atomic E-state index is -3.14. The maximum absolute atomic E-state index is 11.5. The number of halogens is 1. The van der Waals surface area contributed by atoms with Crippen LogP contribution in [0.4, 0.5) is 0 Å². The molecule has 1 aliphatic heterocycles. The van der Waals surface area contributed by atoms with E-state index >= 15 is 0 Å². The average molecular weight is 299 g/mol. The van der Waals surface area contributed by atoms with Crippen molar-refractivity contribution in [1.29, 1.82) is 0 Å². The van der Waals surface area contributed by atoms with Crippen molar-refractivity contribution in [3.05, 3.63) is 0 Å². The second kappa shape index (κ2) is 5.27. The number of hydrogen-bond donors (Lipinski definition) is 1. The molecule has 1 fully saturated rings. The Hall–Kier alpha value is -0.140. The van der Waals surface area contributed by atoms with Crippen molar-refractivity contribution in [2.45, 2.75) is 19.3 Å². The van der Waals surface area contributed by atoms with Gasteiger partial charge in [-0.05, 0) is 18.8 Å². The van der Waals surface area contributed by atoms with Crippen LogP contribution in [0.25, 0.3) is 0 Å². The maximum atomic E-state index is 11.5. The number of nitrogens with zero attached hydrogens (tertiary/aromatic N) is 1. The zero-order chi connectivity index (χ0) is 11.5. The molecule has 0 spiro atoms. The van der Waals surface area contributed by atoms with E-state index in [2.05, 4.69) is 15.9 Å². The number of nitrogens with two attached hydrogens (primary N) is 1. The predicted molar refractivity (Wildman–Crippen MR) is 60.8 cm³/mol. The third-order valence-electron chi connectivity index (χ3n) is 2.59. The van der Waals surface area contributed by atoms with Crippen molar-refractivity contribution in [3.8, 4) is 0 Å². The quantitative estimate of drug-likeness (QED) is 0.756. The molecule has 0 aromatic heterocycles. The second-order valence-electron chi connectivity index (χ2n) is 3.73. The van der Waals surface area contributed by atoms with E-state index < -0.39 is 10.0 Å². The molecule has 1 rings (SSSR count). The third-order valence-corrected chi connectivity index (χ3v) is 5.76. The molecule has 1 aliphatic rings. The second-order valence-corrected chi connectivity index (χ2v) is 7.01. The predicted octanol–water partition coefficient (Wildman–Crippen LogP) is 0.256. The molecular formula is C8H15BrN2O3S. The molecule has 5 nitrogen and oxygen atoms in total. The fourth-order valence-electron chi connectivity index (χ4n) is 1.75. The number of amides is 1. The van der Waals surface area contributed by atoms with Crippen molar-refractivity contribution in [3.63, 3.8) is 0 Å². The van der Waals surface area contributed by atoms with E-state index in [1.165, 1.54) is 4.31 Å². The Morgan fingerprint density at radius 1 is 1.40 bits per heavy atom. The van der Waals surface area contributed by atoms with Gasteiger partial charge in [-0.3, -0.25) is 4.79 Å². The van der Waals surface area contributed by atoms with Gasteiger partial charge in [-0.15, -0.1) is 0 Å². The van der Waals surface area contributed by atoms with Crippen molar-refractivity contribution in [2.75, 3.05) is 17.8 Å². The summed E-state index contributed by atoms with van der Waals surface area (Å²) in [6, 6.07) is 0. The van der Waals surface area contributed by atoms with E-state index in [4.69, 9.17) is 5.73 Å². The molecule has 1 saturated heterocycles. The maximum Gasteiger partial charge on any atom is 0.224 e. The highest BCUT2D eigenvalue weighted by molar-refractivity contribution is 9.10. The van der Waals surface area contributed by atoms with Crippen LogP contribution in [0.3, 0.4) is 0 Å². The molecule has 2 N–H and O–H groups in total. The van der Waals surface area contributed by atoms with Gasteiger partial charge in [0.05, 0.1) is 0 Å². The number of sulfonamides is 1. The lowest BCUT2D eigenvalue weighted by Gasteiger charge is -2.30. The molecular weight excluding hydrogens is 284 g/mol. The summed E-state index contributed by atoms with van der Waals surface area (Å²) in [6.45, 7) is 0.984. The summed E-state index contributed by atoms with van der Waals surface area (Å²) < 4.78 is 24.4. The summed E-state index contributed by atoms with van der Waals surface area (Å²) in [5.74, 6) is -0.0684. The van der Waals surface area contributed by atoms with Crippen molar-refractivity contribution >= 4 is 31.9 Å². The van der Waals surface area contributed by atoms with Crippen LogP contribution < -0.4 is 5.73 Å². The zero-order valence-electron chi connectivity index (χ0n) is 8.36. The summed E-state index contributed by atoms with van der Waals surface area (Å²) in [6.07, 6.45) is 1.80. The van der Waals surface area contributed by atoms with Crippen LogP contribution in [0.15, 0.2) is 0 Å². The van der Waals surface area contributed by atoms with Gasteiger partial charge < -0.3 is 5.73 Å². The Morgan fingerprint density at radius 3 is 2.33 bits per heavy atom. The van der Waals surface area contributed by atoms with Crippen molar-refractivity contribution < 1.29 is 13.2 Å². The number of rotatable bonds is 4. The highest BCUT2D eigenvalue weighted by Crippen LogP contribution is 2.22. The fraction of sp³-hybridized carbons (Fsp3) is 0.875. The third kappa shape index (κ3) is 3.73. The number of carbonyl (C=O) groups excluding carboxylic acids is 1. The van der Waals surface area contributed by atoms with Crippen molar-refractivity contribution in [2.24, 2.45) is 11.7 Å². The Kier molecular flexibility index (Phi) is 4.54. The molecule has 0 aliphatic carbocycles. The van der Waals surface area contributed by atoms with E-state index in [1.807, 2.05) is 0 Å². The monoisotopic (exact) mass is 298 g/mol. The summed E-state index contributed by atoms with van der Waals surface area (Å²) in [4.78, 5) is 10.7. The van der Waals surface area contributed by atoms with E-state index in [0.717, 1.165) is 12.8 Å². The molecule has 0 aromatic carbocycles. The van der Waals surface area contributed by atoms with Gasteiger partial charge in [0.15, 0.2) is 0 Å². The van der Waals surface area contributed by atoms with E-state index in [-0.39, 0.29) is 16.5 Å². The lowest BCUT2D eigenvalue weighted by molar-refractivity contribution is -0.119. The van der Waals surface area contributed by atoms with Crippen LogP contribution in [-0.2, 0) is 14.8 Å². The first-order valence-electron chi connectivity index (χ1n) is 4.78. The largest absolute Gasteiger partial charge is 0.370 e. The van der Waals surface area contributed by atoms with Gasteiger partial charge in [-0.2, -0.15) is 0 Å². The van der Waals surface area contributed by atoms with Gasteiger partial charge in [0, 0.05) is 19.5 Å². The number of piperidine rings is 1. The molecule has 0 unspecified atom stereocenters. The van der Waals surface area contributed by atoms with Crippen molar-refractivity contribution in [1.82, 2.24) is 4.31 Å². The number of primary amides is 1. The Morgan fingerprint density at radius 2 is 1.93 bits per heavy atom. The van der Waals surface area contributed by atoms with Gasteiger partial charge in [0.2, 0.25) is 15.9 Å². The minimum absolute atomic E-state index is 0.0412. The SMILES string of the molecule is NC(=O)CC1CCN(S(=O)(=O)CBr)CC1. The first-order valence-corrected chi connectivity index (χ1v) is 7.51. The summed E-state index contributed by atoms with van der Waals surface area (Å²) in [5.41, 5.74) is 5.09. The Balaban J connectivity index is 2.46. The Bertz CT molecular complexity index is 323. The van der Waals surface area contributed by atoms with Crippen LogP contribution in [-0.4, -0.2) is 36.4 Å². The standard InChI is InChI=1S/C8H15BrN2O3S/c9-6-15(13,14)11-3-1-7(2-4-11)5-8(10)12/h7H,1-6H2,(H2,10,12). The highest BCUT2D eigenvalue weighted by Gasteiger charge is 2.27. The van der Waals surface area contributed by atoms with Gasteiger partial charge in [-0.1, -0.05) is 15.9 Å². The molecule has 0 radical (unpaired) electrons. The molecule has 0 aromatic rings. The molecule has 0 bridgehead atoms. The summed E-state index contributed by atoms with van der Waals surface area (Å²) >= 11 is 2.96. The molecule has 15 heavy (non-hydrogen) atoms. The zero-order valence-corrected chi connectivity index (χ0v) is 10.8. The van der Waals surface area contributed by atoms with Crippen LogP contribution in [0.5, 0.6) is 0 Å². The first kappa shape index (κ1) is 12.9. The van der Waals surface area contributed by atoms with E-state index in [9.17, 15) is 13.2 Å².